The number of methoxy groups -OCH3 is 1. The third kappa shape index (κ3) is 4.53. The minimum atomic E-state index is -1.02. The SMILES string of the molecule is CCCc1nc(C=Cc2ccccc2C(=COC)C(=O)O)cs1. The monoisotopic (exact) mass is 329 g/mol. The molecule has 4 nitrogen and oxygen atoms in total. The van der Waals surface area contributed by atoms with E-state index in [9.17, 15) is 9.90 Å². The van der Waals surface area contributed by atoms with Crippen molar-refractivity contribution in [2.24, 2.45) is 0 Å². The summed E-state index contributed by atoms with van der Waals surface area (Å²) < 4.78 is 4.89. The smallest absolute Gasteiger partial charge is 0.339 e. The summed E-state index contributed by atoms with van der Waals surface area (Å²) in [5.74, 6) is -1.02. The molecule has 2 aromatic rings. The maximum Gasteiger partial charge on any atom is 0.339 e. The van der Waals surface area contributed by atoms with Gasteiger partial charge in [-0.1, -0.05) is 37.3 Å². The summed E-state index contributed by atoms with van der Waals surface area (Å²) in [6.45, 7) is 2.13. The molecular formula is C18H19NO3S. The second kappa shape index (κ2) is 8.29. The van der Waals surface area contributed by atoms with Crippen LogP contribution in [0.4, 0.5) is 0 Å². The zero-order valence-corrected chi connectivity index (χ0v) is 14.0. The first-order valence-electron chi connectivity index (χ1n) is 7.33. The molecule has 0 saturated heterocycles. The van der Waals surface area contributed by atoms with Gasteiger partial charge in [0.25, 0.3) is 0 Å². The fourth-order valence-corrected chi connectivity index (χ4v) is 3.01. The lowest BCUT2D eigenvalue weighted by molar-refractivity contribution is -0.130. The maximum absolute atomic E-state index is 11.4. The second-order valence-electron chi connectivity index (χ2n) is 4.91. The molecule has 5 heteroatoms. The van der Waals surface area contributed by atoms with Crippen LogP contribution in [0.2, 0.25) is 0 Å². The summed E-state index contributed by atoms with van der Waals surface area (Å²) in [6.07, 6.45) is 7.09. The predicted molar refractivity (Wildman–Crippen MR) is 94.1 cm³/mol. The van der Waals surface area contributed by atoms with Crippen molar-refractivity contribution in [3.8, 4) is 0 Å². The lowest BCUT2D eigenvalue weighted by Gasteiger charge is -2.06. The molecule has 0 aliphatic rings. The molecule has 0 aliphatic heterocycles. The fraction of sp³-hybridized carbons (Fsp3) is 0.222. The Hall–Kier alpha value is -2.40. The Bertz CT molecular complexity index is 731. The van der Waals surface area contributed by atoms with Gasteiger partial charge in [0.1, 0.15) is 5.57 Å². The highest BCUT2D eigenvalue weighted by Gasteiger charge is 2.13. The van der Waals surface area contributed by atoms with Crippen LogP contribution in [0.15, 0.2) is 35.9 Å². The van der Waals surface area contributed by atoms with E-state index in [0.717, 1.165) is 29.1 Å². The van der Waals surface area contributed by atoms with Crippen molar-refractivity contribution < 1.29 is 14.6 Å². The van der Waals surface area contributed by atoms with E-state index in [1.807, 2.05) is 29.7 Å². The van der Waals surface area contributed by atoms with Gasteiger partial charge in [0, 0.05) is 5.38 Å². The number of thiazole rings is 1. The van der Waals surface area contributed by atoms with Gasteiger partial charge in [-0.05, 0) is 30.0 Å². The first kappa shape index (κ1) is 17.0. The number of aliphatic carboxylic acids is 1. The number of hydrogen-bond donors (Lipinski definition) is 1. The normalized spacial score (nSPS) is 11.8. The van der Waals surface area contributed by atoms with E-state index < -0.39 is 5.97 Å². The molecule has 0 atom stereocenters. The van der Waals surface area contributed by atoms with Gasteiger partial charge in [-0.3, -0.25) is 0 Å². The van der Waals surface area contributed by atoms with Crippen molar-refractivity contribution >= 4 is 35.0 Å². The zero-order valence-electron chi connectivity index (χ0n) is 13.2. The number of nitrogens with zero attached hydrogens (tertiary/aromatic N) is 1. The third-order valence-corrected chi connectivity index (χ3v) is 4.11. The zero-order chi connectivity index (χ0) is 16.7. The van der Waals surface area contributed by atoms with Crippen LogP contribution in [0.1, 0.15) is 35.2 Å². The molecule has 1 heterocycles. The summed E-state index contributed by atoms with van der Waals surface area (Å²) >= 11 is 1.64. The van der Waals surface area contributed by atoms with Crippen molar-refractivity contribution in [1.82, 2.24) is 4.98 Å². The van der Waals surface area contributed by atoms with E-state index in [2.05, 4.69) is 11.9 Å². The van der Waals surface area contributed by atoms with Crippen LogP contribution in [0.3, 0.4) is 0 Å². The highest BCUT2D eigenvalue weighted by Crippen LogP contribution is 2.22. The molecule has 1 N–H and O–H groups in total. The third-order valence-electron chi connectivity index (χ3n) is 3.18. The van der Waals surface area contributed by atoms with Crippen LogP contribution >= 0.6 is 11.3 Å². The van der Waals surface area contributed by atoms with Gasteiger partial charge in [0.15, 0.2) is 0 Å². The quantitative estimate of drug-likeness (QED) is 0.606. The number of aromatic nitrogens is 1. The van der Waals surface area contributed by atoms with E-state index >= 15 is 0 Å². The minimum Gasteiger partial charge on any atom is -0.503 e. The van der Waals surface area contributed by atoms with E-state index in [0.29, 0.717) is 5.56 Å². The summed E-state index contributed by atoms with van der Waals surface area (Å²) in [6, 6.07) is 7.32. The largest absolute Gasteiger partial charge is 0.503 e. The number of hydrogen-bond acceptors (Lipinski definition) is 4. The van der Waals surface area contributed by atoms with Crippen LogP contribution in [-0.2, 0) is 16.0 Å². The number of ether oxygens (including phenoxy) is 1. The van der Waals surface area contributed by atoms with E-state index in [-0.39, 0.29) is 5.57 Å². The summed E-state index contributed by atoms with van der Waals surface area (Å²) in [5, 5.41) is 12.5. The average Bonchev–Trinajstić information content (AvgIpc) is 2.99. The first-order valence-corrected chi connectivity index (χ1v) is 8.21. The summed E-state index contributed by atoms with van der Waals surface area (Å²) in [5.41, 5.74) is 2.43. The van der Waals surface area contributed by atoms with Crippen molar-refractivity contribution in [1.29, 1.82) is 0 Å². The highest BCUT2D eigenvalue weighted by atomic mass is 32.1. The summed E-state index contributed by atoms with van der Waals surface area (Å²) in [7, 11) is 1.44. The Kier molecular flexibility index (Phi) is 6.11. The van der Waals surface area contributed by atoms with Gasteiger partial charge in [-0.25, -0.2) is 9.78 Å². The molecule has 0 bridgehead atoms. The predicted octanol–water partition coefficient (Wildman–Crippen LogP) is 4.34. The first-order chi connectivity index (χ1) is 11.2. The van der Waals surface area contributed by atoms with Crippen molar-refractivity contribution in [2.75, 3.05) is 7.11 Å². The average molecular weight is 329 g/mol. The van der Waals surface area contributed by atoms with Crippen LogP contribution in [0, 0.1) is 0 Å². The maximum atomic E-state index is 11.4. The Balaban J connectivity index is 2.31. The van der Waals surface area contributed by atoms with Gasteiger partial charge in [-0.2, -0.15) is 0 Å². The van der Waals surface area contributed by atoms with Gasteiger partial charge < -0.3 is 9.84 Å². The molecule has 0 aliphatic carbocycles. The van der Waals surface area contributed by atoms with Crippen molar-refractivity contribution in [3.63, 3.8) is 0 Å². The molecule has 0 fully saturated rings. The topological polar surface area (TPSA) is 59.4 Å². The molecule has 0 amide bonds. The lowest BCUT2D eigenvalue weighted by Crippen LogP contribution is -2.02. The van der Waals surface area contributed by atoms with Gasteiger partial charge >= 0.3 is 5.97 Å². The Labute approximate surface area is 139 Å². The molecule has 0 saturated carbocycles. The minimum absolute atomic E-state index is 0.123. The molecule has 2 rings (SSSR count). The Morgan fingerprint density at radius 1 is 1.35 bits per heavy atom. The highest BCUT2D eigenvalue weighted by molar-refractivity contribution is 7.09. The number of rotatable bonds is 7. The number of benzene rings is 1. The lowest BCUT2D eigenvalue weighted by atomic mass is 10.00. The number of carboxylic acids is 1. The van der Waals surface area contributed by atoms with Crippen LogP contribution in [0.25, 0.3) is 17.7 Å². The van der Waals surface area contributed by atoms with E-state index in [1.165, 1.54) is 13.4 Å². The van der Waals surface area contributed by atoms with Gasteiger partial charge in [0.05, 0.1) is 24.1 Å². The molecule has 1 aromatic carbocycles. The van der Waals surface area contributed by atoms with Crippen molar-refractivity contribution in [3.05, 3.63) is 57.7 Å². The Morgan fingerprint density at radius 2 is 2.13 bits per heavy atom. The Morgan fingerprint density at radius 3 is 2.83 bits per heavy atom. The number of carboxylic acid groups (broad SMARTS) is 1. The van der Waals surface area contributed by atoms with Crippen LogP contribution in [0.5, 0.6) is 0 Å². The molecule has 0 spiro atoms. The van der Waals surface area contributed by atoms with Crippen LogP contribution in [-0.4, -0.2) is 23.2 Å². The number of aryl methyl sites for hydroxylation is 1. The molecule has 0 unspecified atom stereocenters. The molecule has 120 valence electrons. The molecule has 0 radical (unpaired) electrons. The van der Waals surface area contributed by atoms with E-state index in [4.69, 9.17) is 4.74 Å². The van der Waals surface area contributed by atoms with E-state index in [1.54, 1.807) is 23.5 Å². The van der Waals surface area contributed by atoms with Crippen molar-refractivity contribution in [2.45, 2.75) is 19.8 Å². The fourth-order valence-electron chi connectivity index (χ4n) is 2.14. The van der Waals surface area contributed by atoms with Gasteiger partial charge in [0.2, 0.25) is 0 Å². The standard InChI is InChI=1S/C18H19NO3S/c1-3-6-17-19-14(12-23-17)10-9-13-7-4-5-8-15(13)16(11-22-2)18(20)21/h4-5,7-12H,3,6H2,1-2H3,(H,20,21). The van der Waals surface area contributed by atoms with Crippen LogP contribution < -0.4 is 0 Å². The second-order valence-corrected chi connectivity index (χ2v) is 5.85. The number of carbonyl (C=O) groups is 1. The summed E-state index contributed by atoms with van der Waals surface area (Å²) in [4.78, 5) is 15.9. The molecule has 1 aromatic heterocycles. The molecular weight excluding hydrogens is 310 g/mol. The molecule has 23 heavy (non-hydrogen) atoms. The van der Waals surface area contributed by atoms with Gasteiger partial charge in [-0.15, -0.1) is 11.3 Å².